The minimum Gasteiger partial charge on any atom is -0.330 e. The number of aromatic nitrogens is 3. The molecule has 144 valence electrons. The van der Waals surface area contributed by atoms with E-state index in [1.807, 2.05) is 24.3 Å². The molecule has 27 heavy (non-hydrogen) atoms. The molecule has 0 spiro atoms. The predicted molar refractivity (Wildman–Crippen MR) is 110 cm³/mol. The van der Waals surface area contributed by atoms with Crippen LogP contribution in [0.15, 0.2) is 29.6 Å². The third-order valence-electron chi connectivity index (χ3n) is 4.56. The average Bonchev–Trinajstić information content (AvgIpc) is 3.28. The number of thiazole rings is 1. The van der Waals surface area contributed by atoms with Gasteiger partial charge < -0.3 is 15.2 Å². The summed E-state index contributed by atoms with van der Waals surface area (Å²) in [4.78, 5) is 24.0. The fourth-order valence-corrected chi connectivity index (χ4v) is 3.79. The number of rotatable bonds is 9. The Morgan fingerprint density at radius 3 is 2.78 bits per heavy atom. The van der Waals surface area contributed by atoms with E-state index in [9.17, 15) is 4.79 Å². The van der Waals surface area contributed by atoms with Gasteiger partial charge in [-0.25, -0.2) is 9.97 Å². The summed E-state index contributed by atoms with van der Waals surface area (Å²) in [5, 5.41) is 5.58. The molecule has 0 atom stereocenters. The minimum atomic E-state index is -0.242. The lowest BCUT2D eigenvalue weighted by molar-refractivity contribution is 0.102. The van der Waals surface area contributed by atoms with Crippen molar-refractivity contribution >= 4 is 34.2 Å². The Labute approximate surface area is 163 Å². The topological polar surface area (TPSA) is 89.1 Å². The van der Waals surface area contributed by atoms with Crippen LogP contribution in [0.25, 0.3) is 11.0 Å². The number of amides is 1. The standard InChI is InChI=1S/C19H26N6OS/c1-3-24(4-2)11-12-25-16-8-6-5-7-14(16)22-19(25)23-18(26)15-13-27-17(21-15)9-10-20/h5-8,13H,3-4,9-12,20H2,1-2H3,(H,22,23,26). The second-order valence-electron chi connectivity index (χ2n) is 6.22. The number of para-hydroxylation sites is 2. The highest BCUT2D eigenvalue weighted by atomic mass is 32.1. The number of imidazole rings is 1. The minimum absolute atomic E-state index is 0.242. The van der Waals surface area contributed by atoms with Gasteiger partial charge in [0.05, 0.1) is 16.0 Å². The number of hydrogen-bond acceptors (Lipinski definition) is 6. The van der Waals surface area contributed by atoms with Crippen LogP contribution in [-0.4, -0.2) is 51.5 Å². The van der Waals surface area contributed by atoms with E-state index in [0.717, 1.165) is 42.2 Å². The van der Waals surface area contributed by atoms with Gasteiger partial charge in [-0.05, 0) is 31.8 Å². The van der Waals surface area contributed by atoms with Gasteiger partial charge in [-0.3, -0.25) is 10.1 Å². The summed E-state index contributed by atoms with van der Waals surface area (Å²) in [6, 6.07) is 7.93. The highest BCUT2D eigenvalue weighted by Gasteiger charge is 2.17. The SMILES string of the molecule is CCN(CC)CCn1c(NC(=O)c2csc(CCN)n2)nc2ccccc21. The van der Waals surface area contributed by atoms with Crippen LogP contribution in [0, 0.1) is 0 Å². The van der Waals surface area contributed by atoms with E-state index in [2.05, 4.69) is 38.6 Å². The van der Waals surface area contributed by atoms with Crippen LogP contribution >= 0.6 is 11.3 Å². The number of likely N-dealkylation sites (N-methyl/N-ethyl adjacent to an activating group) is 1. The molecule has 0 radical (unpaired) electrons. The van der Waals surface area contributed by atoms with Crippen LogP contribution in [0.4, 0.5) is 5.95 Å². The summed E-state index contributed by atoms with van der Waals surface area (Å²) < 4.78 is 2.07. The van der Waals surface area contributed by atoms with Crippen LogP contribution in [0.3, 0.4) is 0 Å². The number of carbonyl (C=O) groups excluding carboxylic acids is 1. The van der Waals surface area contributed by atoms with Gasteiger partial charge >= 0.3 is 0 Å². The molecule has 3 N–H and O–H groups in total. The summed E-state index contributed by atoms with van der Waals surface area (Å²) in [6.07, 6.45) is 0.681. The molecule has 0 bridgehead atoms. The second kappa shape index (κ2) is 9.07. The van der Waals surface area contributed by atoms with Gasteiger partial charge in [-0.2, -0.15) is 0 Å². The molecule has 0 saturated heterocycles. The second-order valence-corrected chi connectivity index (χ2v) is 7.16. The summed E-state index contributed by atoms with van der Waals surface area (Å²) in [5.41, 5.74) is 7.86. The molecule has 0 saturated carbocycles. The number of nitrogens with zero attached hydrogens (tertiary/aromatic N) is 4. The van der Waals surface area contributed by atoms with E-state index in [4.69, 9.17) is 5.73 Å². The molecule has 0 fully saturated rings. The van der Waals surface area contributed by atoms with Crippen LogP contribution < -0.4 is 11.1 Å². The monoisotopic (exact) mass is 386 g/mol. The van der Waals surface area contributed by atoms with E-state index in [0.29, 0.717) is 24.6 Å². The van der Waals surface area contributed by atoms with Crippen molar-refractivity contribution in [3.05, 3.63) is 40.3 Å². The summed E-state index contributed by atoms with van der Waals surface area (Å²) in [6.45, 7) is 8.47. The van der Waals surface area contributed by atoms with Crippen molar-refractivity contribution < 1.29 is 4.79 Å². The molecule has 0 aliphatic carbocycles. The van der Waals surface area contributed by atoms with Crippen molar-refractivity contribution in [2.75, 3.05) is 31.5 Å². The molecule has 2 aromatic heterocycles. The number of anilines is 1. The Morgan fingerprint density at radius 1 is 1.26 bits per heavy atom. The normalized spacial score (nSPS) is 11.4. The predicted octanol–water partition coefficient (Wildman–Crippen LogP) is 2.59. The Bertz CT molecular complexity index is 899. The number of hydrogen-bond donors (Lipinski definition) is 2. The maximum atomic E-state index is 12.6. The number of carbonyl (C=O) groups is 1. The first-order valence-corrected chi connectivity index (χ1v) is 10.2. The summed E-state index contributed by atoms with van der Waals surface area (Å²) >= 11 is 1.46. The molecule has 0 aliphatic rings. The number of benzene rings is 1. The largest absolute Gasteiger partial charge is 0.330 e. The van der Waals surface area contributed by atoms with Gasteiger partial charge in [0.25, 0.3) is 5.91 Å². The maximum Gasteiger partial charge on any atom is 0.277 e. The van der Waals surface area contributed by atoms with E-state index in [1.165, 1.54) is 11.3 Å². The Balaban J connectivity index is 1.83. The van der Waals surface area contributed by atoms with E-state index in [-0.39, 0.29) is 5.91 Å². The molecule has 1 aromatic carbocycles. The Kier molecular flexibility index (Phi) is 6.54. The molecule has 3 rings (SSSR count). The summed E-state index contributed by atoms with van der Waals surface area (Å²) in [5.74, 6) is 0.315. The van der Waals surface area contributed by atoms with Crippen molar-refractivity contribution in [1.82, 2.24) is 19.4 Å². The first kappa shape index (κ1) is 19.5. The van der Waals surface area contributed by atoms with E-state index in [1.54, 1.807) is 5.38 Å². The number of fused-ring (bicyclic) bond motifs is 1. The molecular weight excluding hydrogens is 360 g/mol. The van der Waals surface area contributed by atoms with Crippen molar-refractivity contribution in [2.45, 2.75) is 26.8 Å². The first-order valence-electron chi connectivity index (χ1n) is 9.29. The van der Waals surface area contributed by atoms with Crippen LogP contribution in [0.2, 0.25) is 0 Å². The fourth-order valence-electron chi connectivity index (χ4n) is 3.00. The third-order valence-corrected chi connectivity index (χ3v) is 5.47. The lowest BCUT2D eigenvalue weighted by Crippen LogP contribution is -2.27. The summed E-state index contributed by atoms with van der Waals surface area (Å²) in [7, 11) is 0. The van der Waals surface area contributed by atoms with Gasteiger partial charge in [0.2, 0.25) is 5.95 Å². The van der Waals surface area contributed by atoms with E-state index < -0.39 is 0 Å². The zero-order chi connectivity index (χ0) is 19.2. The molecule has 0 aliphatic heterocycles. The molecule has 1 amide bonds. The van der Waals surface area contributed by atoms with Crippen LogP contribution in [0.5, 0.6) is 0 Å². The first-order chi connectivity index (χ1) is 13.2. The van der Waals surface area contributed by atoms with E-state index >= 15 is 0 Å². The van der Waals surface area contributed by atoms with Crippen molar-refractivity contribution in [1.29, 1.82) is 0 Å². The Hall–Kier alpha value is -2.29. The van der Waals surface area contributed by atoms with Crippen LogP contribution in [0.1, 0.15) is 29.3 Å². The zero-order valence-electron chi connectivity index (χ0n) is 15.8. The quantitative estimate of drug-likeness (QED) is 0.590. The smallest absolute Gasteiger partial charge is 0.277 e. The molecule has 8 heteroatoms. The molecule has 2 heterocycles. The van der Waals surface area contributed by atoms with Crippen molar-refractivity contribution in [3.63, 3.8) is 0 Å². The number of nitrogens with one attached hydrogen (secondary N) is 1. The molecule has 7 nitrogen and oxygen atoms in total. The molecular formula is C19H26N6OS. The lowest BCUT2D eigenvalue weighted by Gasteiger charge is -2.19. The van der Waals surface area contributed by atoms with Gasteiger partial charge in [0.1, 0.15) is 5.69 Å². The fraction of sp³-hybridized carbons (Fsp3) is 0.421. The lowest BCUT2D eigenvalue weighted by atomic mass is 10.3. The highest BCUT2D eigenvalue weighted by molar-refractivity contribution is 7.09. The molecule has 0 unspecified atom stereocenters. The van der Waals surface area contributed by atoms with Gasteiger partial charge in [-0.1, -0.05) is 26.0 Å². The Morgan fingerprint density at radius 2 is 2.04 bits per heavy atom. The maximum absolute atomic E-state index is 12.6. The van der Waals surface area contributed by atoms with Crippen molar-refractivity contribution in [3.8, 4) is 0 Å². The zero-order valence-corrected chi connectivity index (χ0v) is 16.6. The number of nitrogens with two attached hydrogens (primary N) is 1. The van der Waals surface area contributed by atoms with Gasteiger partial charge in [0, 0.05) is 24.9 Å². The van der Waals surface area contributed by atoms with Crippen LogP contribution in [-0.2, 0) is 13.0 Å². The average molecular weight is 387 g/mol. The van der Waals surface area contributed by atoms with Crippen molar-refractivity contribution in [2.24, 2.45) is 5.73 Å². The van der Waals surface area contributed by atoms with Gasteiger partial charge in [-0.15, -0.1) is 11.3 Å². The van der Waals surface area contributed by atoms with Gasteiger partial charge in [0.15, 0.2) is 0 Å². The molecule has 3 aromatic rings. The third kappa shape index (κ3) is 4.52. The highest BCUT2D eigenvalue weighted by Crippen LogP contribution is 2.20.